The Morgan fingerprint density at radius 2 is 2.11 bits per heavy atom. The summed E-state index contributed by atoms with van der Waals surface area (Å²) in [7, 11) is 0. The first-order chi connectivity index (χ1) is 8.93. The van der Waals surface area contributed by atoms with Gasteiger partial charge in [0, 0.05) is 18.0 Å². The van der Waals surface area contributed by atoms with Crippen LogP contribution in [0.4, 0.5) is 5.82 Å². The van der Waals surface area contributed by atoms with Crippen LogP contribution in [0.5, 0.6) is 0 Å². The van der Waals surface area contributed by atoms with Crippen LogP contribution in [0.25, 0.3) is 10.9 Å². The van der Waals surface area contributed by atoms with E-state index < -0.39 is 0 Å². The quantitative estimate of drug-likeness (QED) is 0.847. The van der Waals surface area contributed by atoms with E-state index in [9.17, 15) is 0 Å². The van der Waals surface area contributed by atoms with Crippen molar-refractivity contribution in [3.63, 3.8) is 0 Å². The van der Waals surface area contributed by atoms with Gasteiger partial charge in [-0.1, -0.05) is 18.6 Å². The van der Waals surface area contributed by atoms with E-state index in [0.717, 1.165) is 29.8 Å². The van der Waals surface area contributed by atoms with Crippen molar-refractivity contribution in [3.05, 3.63) is 30.6 Å². The maximum atomic E-state index is 4.38. The molecule has 0 bridgehead atoms. The van der Waals surface area contributed by atoms with Gasteiger partial charge in [-0.15, -0.1) is 0 Å². The summed E-state index contributed by atoms with van der Waals surface area (Å²) < 4.78 is 0. The zero-order valence-electron chi connectivity index (χ0n) is 10.4. The van der Waals surface area contributed by atoms with Gasteiger partial charge in [-0.3, -0.25) is 0 Å². The number of rotatable bonds is 2. The molecular weight excluding hydrogens is 224 g/mol. The molecule has 0 aliphatic carbocycles. The average molecular weight is 242 g/mol. The van der Waals surface area contributed by atoms with Gasteiger partial charge in [0.1, 0.15) is 12.1 Å². The first kappa shape index (κ1) is 11.4. The number of hydrogen-bond acceptors (Lipinski definition) is 4. The van der Waals surface area contributed by atoms with Gasteiger partial charge in [-0.25, -0.2) is 9.97 Å². The van der Waals surface area contributed by atoms with Crippen LogP contribution in [0, 0.1) is 0 Å². The summed E-state index contributed by atoms with van der Waals surface area (Å²) in [6.45, 7) is 2.14. The van der Waals surface area contributed by atoms with E-state index in [2.05, 4.69) is 26.7 Å². The normalized spacial score (nSPS) is 20.6. The molecule has 3 rings (SSSR count). The standard InChI is InChI=1S/C14H18N4/c1-2-7-13-12(6-1)14(17-10-16-13)18-11-5-3-4-8-15-9-11/h1-2,6-7,10-11,15H,3-5,8-9H2,(H,16,17,18). The summed E-state index contributed by atoms with van der Waals surface area (Å²) >= 11 is 0. The van der Waals surface area contributed by atoms with Crippen molar-refractivity contribution in [2.75, 3.05) is 18.4 Å². The van der Waals surface area contributed by atoms with E-state index in [0.29, 0.717) is 6.04 Å². The summed E-state index contributed by atoms with van der Waals surface area (Å²) in [6, 6.07) is 8.59. The van der Waals surface area contributed by atoms with Crippen LogP contribution < -0.4 is 10.6 Å². The van der Waals surface area contributed by atoms with Gasteiger partial charge in [0.05, 0.1) is 5.52 Å². The molecule has 0 saturated carbocycles. The van der Waals surface area contributed by atoms with Crippen LogP contribution in [0.15, 0.2) is 30.6 Å². The van der Waals surface area contributed by atoms with E-state index >= 15 is 0 Å². The molecule has 94 valence electrons. The van der Waals surface area contributed by atoms with E-state index in [4.69, 9.17) is 0 Å². The van der Waals surface area contributed by atoms with Gasteiger partial charge in [0.2, 0.25) is 0 Å². The molecule has 4 nitrogen and oxygen atoms in total. The molecule has 0 radical (unpaired) electrons. The molecule has 2 heterocycles. The van der Waals surface area contributed by atoms with Gasteiger partial charge in [0.15, 0.2) is 0 Å². The monoisotopic (exact) mass is 242 g/mol. The minimum atomic E-state index is 0.464. The number of anilines is 1. The molecule has 1 fully saturated rings. The third-order valence-electron chi connectivity index (χ3n) is 3.43. The highest BCUT2D eigenvalue weighted by Crippen LogP contribution is 2.20. The first-order valence-electron chi connectivity index (χ1n) is 6.60. The zero-order valence-corrected chi connectivity index (χ0v) is 10.4. The van der Waals surface area contributed by atoms with Crippen LogP contribution in [-0.4, -0.2) is 29.1 Å². The fourth-order valence-corrected chi connectivity index (χ4v) is 2.46. The lowest BCUT2D eigenvalue weighted by Crippen LogP contribution is -2.31. The van der Waals surface area contributed by atoms with Crippen molar-refractivity contribution in [2.24, 2.45) is 0 Å². The second-order valence-corrected chi connectivity index (χ2v) is 4.78. The van der Waals surface area contributed by atoms with Gasteiger partial charge in [0.25, 0.3) is 0 Å². The lowest BCUT2D eigenvalue weighted by molar-refractivity contribution is 0.634. The Morgan fingerprint density at radius 3 is 3.11 bits per heavy atom. The van der Waals surface area contributed by atoms with Crippen molar-refractivity contribution in [1.82, 2.24) is 15.3 Å². The summed E-state index contributed by atoms with van der Waals surface area (Å²) in [5.74, 6) is 0.953. The van der Waals surface area contributed by atoms with Crippen LogP contribution in [0.2, 0.25) is 0 Å². The van der Waals surface area contributed by atoms with Crippen molar-refractivity contribution in [1.29, 1.82) is 0 Å². The maximum Gasteiger partial charge on any atom is 0.137 e. The van der Waals surface area contributed by atoms with Gasteiger partial charge < -0.3 is 10.6 Å². The Balaban J connectivity index is 1.85. The highest BCUT2D eigenvalue weighted by Gasteiger charge is 2.13. The van der Waals surface area contributed by atoms with Gasteiger partial charge >= 0.3 is 0 Å². The Labute approximate surface area is 107 Å². The first-order valence-corrected chi connectivity index (χ1v) is 6.60. The van der Waals surface area contributed by atoms with E-state index in [1.807, 2.05) is 18.2 Å². The number of nitrogens with one attached hydrogen (secondary N) is 2. The number of aromatic nitrogens is 2. The van der Waals surface area contributed by atoms with Crippen molar-refractivity contribution < 1.29 is 0 Å². The van der Waals surface area contributed by atoms with E-state index in [1.54, 1.807) is 6.33 Å². The Bertz CT molecular complexity index is 513. The summed E-state index contributed by atoms with van der Waals surface area (Å²) in [4.78, 5) is 8.67. The van der Waals surface area contributed by atoms with Crippen molar-refractivity contribution in [2.45, 2.75) is 25.3 Å². The summed E-state index contributed by atoms with van der Waals surface area (Å²) in [6.07, 6.45) is 5.37. The molecule has 1 aliphatic rings. The van der Waals surface area contributed by atoms with E-state index in [-0.39, 0.29) is 0 Å². The molecule has 4 heteroatoms. The van der Waals surface area contributed by atoms with Crippen molar-refractivity contribution in [3.8, 4) is 0 Å². The summed E-state index contributed by atoms with van der Waals surface area (Å²) in [5.41, 5.74) is 0.997. The average Bonchev–Trinajstić information content (AvgIpc) is 2.68. The predicted octanol–water partition coefficient (Wildman–Crippen LogP) is 2.18. The molecular formula is C14H18N4. The second kappa shape index (κ2) is 5.31. The number of fused-ring (bicyclic) bond motifs is 1. The molecule has 18 heavy (non-hydrogen) atoms. The molecule has 0 amide bonds. The minimum Gasteiger partial charge on any atom is -0.365 e. The smallest absolute Gasteiger partial charge is 0.137 e. The predicted molar refractivity (Wildman–Crippen MR) is 73.7 cm³/mol. The van der Waals surface area contributed by atoms with Gasteiger partial charge in [-0.05, 0) is 31.5 Å². The van der Waals surface area contributed by atoms with Crippen LogP contribution in [-0.2, 0) is 0 Å². The zero-order chi connectivity index (χ0) is 12.2. The highest BCUT2D eigenvalue weighted by atomic mass is 15.1. The van der Waals surface area contributed by atoms with E-state index in [1.165, 1.54) is 19.3 Å². The molecule has 1 aromatic carbocycles. The molecule has 1 saturated heterocycles. The van der Waals surface area contributed by atoms with Crippen LogP contribution in [0.1, 0.15) is 19.3 Å². The second-order valence-electron chi connectivity index (χ2n) is 4.78. The topological polar surface area (TPSA) is 49.8 Å². The highest BCUT2D eigenvalue weighted by molar-refractivity contribution is 5.88. The third kappa shape index (κ3) is 2.43. The molecule has 1 atom stereocenters. The maximum absolute atomic E-state index is 4.38. The SMILES string of the molecule is c1ccc2c(NC3CCCCNC3)ncnc2c1. The fourth-order valence-electron chi connectivity index (χ4n) is 2.46. The number of hydrogen-bond donors (Lipinski definition) is 2. The molecule has 1 aromatic heterocycles. The molecule has 1 unspecified atom stereocenters. The van der Waals surface area contributed by atoms with Crippen molar-refractivity contribution >= 4 is 16.7 Å². The number of benzene rings is 1. The fraction of sp³-hybridized carbons (Fsp3) is 0.429. The third-order valence-corrected chi connectivity index (χ3v) is 3.43. The summed E-state index contributed by atoms with van der Waals surface area (Å²) in [5, 5.41) is 8.11. The lowest BCUT2D eigenvalue weighted by Gasteiger charge is -2.17. The lowest BCUT2D eigenvalue weighted by atomic mass is 10.1. The Morgan fingerprint density at radius 1 is 1.17 bits per heavy atom. The molecule has 2 aromatic rings. The molecule has 0 spiro atoms. The minimum absolute atomic E-state index is 0.464. The number of para-hydroxylation sites is 1. The number of nitrogens with zero attached hydrogens (tertiary/aromatic N) is 2. The Hall–Kier alpha value is -1.68. The van der Waals surface area contributed by atoms with Gasteiger partial charge in [-0.2, -0.15) is 0 Å². The Kier molecular flexibility index (Phi) is 3.37. The largest absolute Gasteiger partial charge is 0.365 e. The molecule has 2 N–H and O–H groups in total. The molecule has 1 aliphatic heterocycles. The van der Waals surface area contributed by atoms with Crippen LogP contribution in [0.3, 0.4) is 0 Å². The van der Waals surface area contributed by atoms with Crippen LogP contribution >= 0.6 is 0 Å².